The van der Waals surface area contributed by atoms with Crippen LogP contribution in [0.25, 0.3) is 16.6 Å². The first kappa shape index (κ1) is 18.9. The molecular weight excluding hydrogens is 401 g/mol. The molecule has 1 atom stereocenters. The highest BCUT2D eigenvalue weighted by atomic mass is 32.1. The Hall–Kier alpha value is -3.10. The normalized spacial score (nSPS) is 17.5. The third-order valence-electron chi connectivity index (χ3n) is 5.62. The summed E-state index contributed by atoms with van der Waals surface area (Å²) in [5.74, 6) is -0.217. The largest absolute Gasteiger partial charge is 0.335 e. The van der Waals surface area contributed by atoms with E-state index in [0.29, 0.717) is 13.1 Å². The number of nitrogens with zero attached hydrogens (tertiary/aromatic N) is 5. The van der Waals surface area contributed by atoms with Crippen LogP contribution in [0, 0.1) is 5.82 Å². The number of carbonyl (C=O) groups excluding carboxylic acids is 1. The Labute approximate surface area is 177 Å². The lowest BCUT2D eigenvalue weighted by molar-refractivity contribution is 0.0542. The molecule has 0 N–H and O–H groups in total. The second kappa shape index (κ2) is 7.62. The molecular formula is C22H20FN5OS. The summed E-state index contributed by atoms with van der Waals surface area (Å²) in [6.07, 6.45) is 1.86. The molecule has 30 heavy (non-hydrogen) atoms. The SMILES string of the molecule is CN1CCN(C(=O)c2ccsc2)CC1c1nnn2cc(-c3cccc(F)c3)ccc12. The molecule has 0 spiro atoms. The Balaban J connectivity index is 1.45. The molecule has 4 aromatic rings. The first-order valence-corrected chi connectivity index (χ1v) is 10.7. The number of benzene rings is 1. The molecule has 6 nitrogen and oxygen atoms in total. The minimum atomic E-state index is -0.272. The first-order valence-electron chi connectivity index (χ1n) is 9.73. The number of piperazine rings is 1. The lowest BCUT2D eigenvalue weighted by Gasteiger charge is -2.38. The summed E-state index contributed by atoms with van der Waals surface area (Å²) in [6, 6.07) is 12.2. The second-order valence-corrected chi connectivity index (χ2v) is 8.27. The van der Waals surface area contributed by atoms with E-state index in [0.717, 1.165) is 34.4 Å². The van der Waals surface area contributed by atoms with Gasteiger partial charge in [-0.3, -0.25) is 9.69 Å². The van der Waals surface area contributed by atoms with Crippen LogP contribution in [-0.2, 0) is 0 Å². The molecule has 0 radical (unpaired) electrons. The number of aromatic nitrogens is 3. The van der Waals surface area contributed by atoms with Crippen LogP contribution >= 0.6 is 11.3 Å². The number of halogens is 1. The van der Waals surface area contributed by atoms with E-state index in [4.69, 9.17) is 0 Å². The van der Waals surface area contributed by atoms with E-state index in [1.165, 1.54) is 23.5 Å². The molecule has 1 fully saturated rings. The fourth-order valence-corrected chi connectivity index (χ4v) is 4.54. The summed E-state index contributed by atoms with van der Waals surface area (Å²) in [5.41, 5.74) is 4.11. The van der Waals surface area contributed by atoms with Gasteiger partial charge in [-0.05, 0) is 42.3 Å². The van der Waals surface area contributed by atoms with Gasteiger partial charge in [-0.1, -0.05) is 23.4 Å². The van der Waals surface area contributed by atoms with Gasteiger partial charge in [-0.15, -0.1) is 5.10 Å². The summed E-state index contributed by atoms with van der Waals surface area (Å²) in [6.45, 7) is 2.01. The zero-order valence-corrected chi connectivity index (χ0v) is 17.2. The molecule has 0 aliphatic carbocycles. The zero-order chi connectivity index (χ0) is 20.7. The van der Waals surface area contributed by atoms with Crippen molar-refractivity contribution in [3.05, 3.63) is 76.5 Å². The van der Waals surface area contributed by atoms with Crippen LogP contribution in [0.4, 0.5) is 4.39 Å². The van der Waals surface area contributed by atoms with Gasteiger partial charge < -0.3 is 4.90 Å². The molecule has 1 aliphatic heterocycles. The molecule has 1 amide bonds. The van der Waals surface area contributed by atoms with Crippen molar-refractivity contribution < 1.29 is 9.18 Å². The number of amides is 1. The standard InChI is InChI=1S/C22H20FN5OS/c1-26-8-9-27(22(29)17-7-10-30-14-17)13-20(26)21-19-6-5-16(12-28(19)25-24-21)15-3-2-4-18(23)11-15/h2-7,10-12,14,20H,8-9,13H2,1H3. The quantitative estimate of drug-likeness (QED) is 0.506. The predicted molar refractivity (Wildman–Crippen MR) is 114 cm³/mol. The average Bonchev–Trinajstić information content (AvgIpc) is 3.43. The number of hydrogen-bond acceptors (Lipinski definition) is 5. The summed E-state index contributed by atoms with van der Waals surface area (Å²) in [7, 11) is 2.05. The minimum Gasteiger partial charge on any atom is -0.335 e. The van der Waals surface area contributed by atoms with Crippen LogP contribution in [-0.4, -0.2) is 57.2 Å². The number of rotatable bonds is 3. The number of thiophene rings is 1. The van der Waals surface area contributed by atoms with Gasteiger partial charge in [-0.2, -0.15) is 11.3 Å². The summed E-state index contributed by atoms with van der Waals surface area (Å²) in [5, 5.41) is 12.5. The summed E-state index contributed by atoms with van der Waals surface area (Å²) in [4.78, 5) is 16.9. The van der Waals surface area contributed by atoms with Crippen molar-refractivity contribution >= 4 is 22.8 Å². The van der Waals surface area contributed by atoms with Crippen molar-refractivity contribution in [2.24, 2.45) is 0 Å². The molecule has 1 saturated heterocycles. The average molecular weight is 422 g/mol. The van der Waals surface area contributed by atoms with Gasteiger partial charge in [0, 0.05) is 36.8 Å². The van der Waals surface area contributed by atoms with Crippen molar-refractivity contribution in [2.45, 2.75) is 6.04 Å². The van der Waals surface area contributed by atoms with E-state index < -0.39 is 0 Å². The van der Waals surface area contributed by atoms with Crippen molar-refractivity contribution in [1.29, 1.82) is 0 Å². The lowest BCUT2D eigenvalue weighted by Crippen LogP contribution is -2.49. The van der Waals surface area contributed by atoms with E-state index in [9.17, 15) is 9.18 Å². The Bertz CT molecular complexity index is 1210. The van der Waals surface area contributed by atoms with Crippen molar-refractivity contribution in [3.63, 3.8) is 0 Å². The maximum Gasteiger partial charge on any atom is 0.254 e. The molecule has 1 aliphatic rings. The van der Waals surface area contributed by atoms with Gasteiger partial charge in [0.2, 0.25) is 0 Å². The van der Waals surface area contributed by atoms with Crippen molar-refractivity contribution in [3.8, 4) is 11.1 Å². The number of pyridine rings is 1. The highest BCUT2D eigenvalue weighted by molar-refractivity contribution is 7.08. The molecule has 4 heterocycles. The van der Waals surface area contributed by atoms with Crippen molar-refractivity contribution in [1.82, 2.24) is 24.6 Å². The lowest BCUT2D eigenvalue weighted by atomic mass is 10.1. The number of likely N-dealkylation sites (N-methyl/N-ethyl adjacent to an activating group) is 1. The van der Waals surface area contributed by atoms with Crippen LogP contribution < -0.4 is 0 Å². The number of hydrogen-bond donors (Lipinski definition) is 0. The molecule has 0 saturated carbocycles. The molecule has 0 bridgehead atoms. The van der Waals surface area contributed by atoms with Crippen LogP contribution in [0.3, 0.4) is 0 Å². The third kappa shape index (κ3) is 3.38. The minimum absolute atomic E-state index is 0.0427. The van der Waals surface area contributed by atoms with Gasteiger partial charge in [0.1, 0.15) is 11.5 Å². The van der Waals surface area contributed by atoms with E-state index in [2.05, 4.69) is 15.2 Å². The molecule has 8 heteroatoms. The topological polar surface area (TPSA) is 53.7 Å². The predicted octanol–water partition coefficient (Wildman–Crippen LogP) is 3.73. The zero-order valence-electron chi connectivity index (χ0n) is 16.4. The smallest absolute Gasteiger partial charge is 0.254 e. The van der Waals surface area contributed by atoms with Gasteiger partial charge in [-0.25, -0.2) is 8.91 Å². The monoisotopic (exact) mass is 421 g/mol. The van der Waals surface area contributed by atoms with Crippen molar-refractivity contribution in [2.75, 3.05) is 26.7 Å². The summed E-state index contributed by atoms with van der Waals surface area (Å²) < 4.78 is 15.3. The van der Waals surface area contributed by atoms with Gasteiger partial charge in [0.05, 0.1) is 17.1 Å². The van der Waals surface area contributed by atoms with Gasteiger partial charge in [0.15, 0.2) is 0 Å². The number of carbonyl (C=O) groups is 1. The van der Waals surface area contributed by atoms with Gasteiger partial charge in [0.25, 0.3) is 5.91 Å². The molecule has 152 valence electrons. The molecule has 1 aromatic carbocycles. The Kier molecular flexibility index (Phi) is 4.80. The number of fused-ring (bicyclic) bond motifs is 1. The molecule has 1 unspecified atom stereocenters. The van der Waals surface area contributed by atoms with Crippen LogP contribution in [0.1, 0.15) is 22.1 Å². The highest BCUT2D eigenvalue weighted by Gasteiger charge is 2.32. The highest BCUT2D eigenvalue weighted by Crippen LogP contribution is 2.28. The summed E-state index contributed by atoms with van der Waals surface area (Å²) >= 11 is 1.53. The van der Waals surface area contributed by atoms with E-state index in [1.807, 2.05) is 53.2 Å². The van der Waals surface area contributed by atoms with Crippen LogP contribution in [0.2, 0.25) is 0 Å². The Morgan fingerprint density at radius 2 is 2.07 bits per heavy atom. The third-order valence-corrected chi connectivity index (χ3v) is 6.30. The maximum absolute atomic E-state index is 13.6. The Morgan fingerprint density at radius 1 is 1.17 bits per heavy atom. The maximum atomic E-state index is 13.6. The fraction of sp³-hybridized carbons (Fsp3) is 0.227. The van der Waals surface area contributed by atoms with Gasteiger partial charge >= 0.3 is 0 Å². The van der Waals surface area contributed by atoms with Crippen LogP contribution in [0.5, 0.6) is 0 Å². The molecule has 5 rings (SSSR count). The Morgan fingerprint density at radius 3 is 2.87 bits per heavy atom. The first-order chi connectivity index (χ1) is 14.6. The molecule has 3 aromatic heterocycles. The van der Waals surface area contributed by atoms with Crippen LogP contribution in [0.15, 0.2) is 59.4 Å². The van der Waals surface area contributed by atoms with E-state index in [1.54, 1.807) is 10.6 Å². The fourth-order valence-electron chi connectivity index (χ4n) is 3.91. The van der Waals surface area contributed by atoms with E-state index >= 15 is 0 Å². The second-order valence-electron chi connectivity index (χ2n) is 7.49. The van der Waals surface area contributed by atoms with E-state index in [-0.39, 0.29) is 17.8 Å².